The summed E-state index contributed by atoms with van der Waals surface area (Å²) in [4.78, 5) is 17.1. The molecule has 0 saturated heterocycles. The van der Waals surface area contributed by atoms with Crippen LogP contribution in [0.25, 0.3) is 16.8 Å². The molecule has 5 aromatic rings. The second-order valence-corrected chi connectivity index (χ2v) is 9.76. The first kappa shape index (κ1) is 24.0. The highest BCUT2D eigenvalue weighted by Gasteiger charge is 2.15. The molecule has 0 N–H and O–H groups in total. The Hall–Kier alpha value is -3.69. The van der Waals surface area contributed by atoms with E-state index >= 15 is 0 Å². The summed E-state index contributed by atoms with van der Waals surface area (Å²) in [6.07, 6.45) is 3.51. The Bertz CT molecular complexity index is 1580. The molecule has 0 atom stereocenters. The molecule has 7 nitrogen and oxygen atoms in total. The van der Waals surface area contributed by atoms with E-state index in [2.05, 4.69) is 49.8 Å². The molecule has 0 saturated carbocycles. The lowest BCUT2D eigenvalue weighted by atomic mass is 10.1. The van der Waals surface area contributed by atoms with Crippen molar-refractivity contribution in [2.45, 2.75) is 24.1 Å². The number of hydrogen-bond donors (Lipinski definition) is 0. The van der Waals surface area contributed by atoms with Gasteiger partial charge in [0, 0.05) is 34.6 Å². The van der Waals surface area contributed by atoms with Crippen molar-refractivity contribution < 1.29 is 4.74 Å². The Morgan fingerprint density at radius 3 is 2.67 bits per heavy atom. The van der Waals surface area contributed by atoms with Crippen LogP contribution < -0.4 is 10.3 Å². The van der Waals surface area contributed by atoms with Gasteiger partial charge in [-0.15, -0.1) is 16.8 Å². The lowest BCUT2D eigenvalue weighted by molar-refractivity contribution is 0.290. The zero-order chi connectivity index (χ0) is 24.9. The fourth-order valence-corrected chi connectivity index (χ4v) is 4.97. The predicted molar refractivity (Wildman–Crippen MR) is 145 cm³/mol. The first-order chi connectivity index (χ1) is 17.6. The Kier molecular flexibility index (Phi) is 7.29. The lowest BCUT2D eigenvalue weighted by Gasteiger charge is -2.12. The fourth-order valence-electron chi connectivity index (χ4n) is 3.77. The van der Waals surface area contributed by atoms with Crippen molar-refractivity contribution in [3.8, 4) is 16.9 Å². The van der Waals surface area contributed by atoms with Crippen LogP contribution in [0.1, 0.15) is 11.5 Å². The number of thioether (sulfide) groups is 1. The van der Waals surface area contributed by atoms with Crippen molar-refractivity contribution in [3.05, 3.63) is 118 Å². The molecule has 0 amide bonds. The molecule has 3 heterocycles. The molecule has 0 aliphatic carbocycles. The molecule has 0 fully saturated rings. The topological polar surface area (TPSA) is 74.3 Å². The fraction of sp³-hybridized carbons (Fsp3) is 0.111. The third kappa shape index (κ3) is 5.27. The number of benzene rings is 2. The van der Waals surface area contributed by atoms with Gasteiger partial charge in [0.05, 0.1) is 5.69 Å². The summed E-state index contributed by atoms with van der Waals surface area (Å²) in [6, 6.07) is 23.3. The second kappa shape index (κ2) is 10.9. The summed E-state index contributed by atoms with van der Waals surface area (Å²) >= 11 is 4.86. The van der Waals surface area contributed by atoms with Gasteiger partial charge in [0.25, 0.3) is 5.56 Å². The lowest BCUT2D eigenvalue weighted by Crippen LogP contribution is -2.15. The second-order valence-electron chi connectivity index (χ2n) is 7.90. The van der Waals surface area contributed by atoms with E-state index in [0.29, 0.717) is 34.6 Å². The monoisotopic (exact) mass is 559 g/mol. The van der Waals surface area contributed by atoms with Crippen LogP contribution in [-0.2, 0) is 18.9 Å². The Morgan fingerprint density at radius 1 is 1.03 bits per heavy atom. The number of fused-ring (bicyclic) bond motifs is 1. The Morgan fingerprint density at radius 2 is 1.83 bits per heavy atom. The van der Waals surface area contributed by atoms with Gasteiger partial charge in [-0.1, -0.05) is 66.4 Å². The maximum atomic E-state index is 12.5. The van der Waals surface area contributed by atoms with Crippen molar-refractivity contribution in [3.63, 3.8) is 0 Å². The summed E-state index contributed by atoms with van der Waals surface area (Å²) in [5, 5.41) is 9.45. The maximum absolute atomic E-state index is 12.5. The summed E-state index contributed by atoms with van der Waals surface area (Å²) < 4.78 is 10.5. The number of aromatic nitrogens is 5. The molecule has 36 heavy (non-hydrogen) atoms. The first-order valence-electron chi connectivity index (χ1n) is 11.2. The molecule has 0 radical (unpaired) electrons. The van der Waals surface area contributed by atoms with Crippen LogP contribution >= 0.6 is 27.7 Å². The summed E-state index contributed by atoms with van der Waals surface area (Å²) in [6.45, 7) is 4.67. The first-order valence-corrected chi connectivity index (χ1v) is 13.0. The molecule has 0 spiro atoms. The number of nitrogens with zero attached hydrogens (tertiary/aromatic N) is 5. The molecular weight excluding hydrogens is 538 g/mol. The summed E-state index contributed by atoms with van der Waals surface area (Å²) in [7, 11) is 0. The number of rotatable bonds is 9. The quantitative estimate of drug-likeness (QED) is 0.168. The highest BCUT2D eigenvalue weighted by molar-refractivity contribution is 9.10. The zero-order valence-electron chi connectivity index (χ0n) is 19.3. The largest absolute Gasteiger partial charge is 0.485 e. The minimum Gasteiger partial charge on any atom is -0.485 e. The van der Waals surface area contributed by atoms with E-state index in [0.717, 1.165) is 21.3 Å². The molecule has 0 unspecified atom stereocenters. The highest BCUT2D eigenvalue weighted by atomic mass is 79.9. The number of pyridine rings is 1. The van der Waals surface area contributed by atoms with Gasteiger partial charge in [0.15, 0.2) is 11.0 Å². The van der Waals surface area contributed by atoms with Gasteiger partial charge < -0.3 is 4.74 Å². The van der Waals surface area contributed by atoms with Gasteiger partial charge in [-0.2, -0.15) is 0 Å². The molecule has 0 bridgehead atoms. The van der Waals surface area contributed by atoms with Crippen LogP contribution in [0.4, 0.5) is 0 Å². The summed E-state index contributed by atoms with van der Waals surface area (Å²) in [5.74, 6) is 1.95. The Balaban J connectivity index is 1.34. The third-order valence-corrected chi connectivity index (χ3v) is 6.93. The molecule has 0 aliphatic heterocycles. The van der Waals surface area contributed by atoms with Crippen molar-refractivity contribution in [1.82, 2.24) is 24.1 Å². The van der Waals surface area contributed by atoms with Gasteiger partial charge in [-0.25, -0.2) is 4.98 Å². The van der Waals surface area contributed by atoms with Crippen molar-refractivity contribution in [2.75, 3.05) is 0 Å². The van der Waals surface area contributed by atoms with Gasteiger partial charge >= 0.3 is 0 Å². The van der Waals surface area contributed by atoms with E-state index in [1.807, 2.05) is 59.2 Å². The van der Waals surface area contributed by atoms with Crippen molar-refractivity contribution >= 4 is 33.3 Å². The van der Waals surface area contributed by atoms with Crippen LogP contribution in [-0.4, -0.2) is 24.1 Å². The summed E-state index contributed by atoms with van der Waals surface area (Å²) in [5.41, 5.74) is 3.25. The van der Waals surface area contributed by atoms with E-state index in [-0.39, 0.29) is 12.2 Å². The normalized spacial score (nSPS) is 11.0. The highest BCUT2D eigenvalue weighted by Crippen LogP contribution is 2.30. The zero-order valence-corrected chi connectivity index (χ0v) is 21.7. The van der Waals surface area contributed by atoms with Crippen LogP contribution in [0.2, 0.25) is 0 Å². The van der Waals surface area contributed by atoms with E-state index in [9.17, 15) is 4.79 Å². The van der Waals surface area contributed by atoms with E-state index in [4.69, 9.17) is 4.74 Å². The molecule has 9 heteroatoms. The third-order valence-electron chi connectivity index (χ3n) is 5.46. The van der Waals surface area contributed by atoms with E-state index in [1.54, 1.807) is 18.3 Å². The van der Waals surface area contributed by atoms with Gasteiger partial charge in [-0.05, 0) is 39.7 Å². The molecule has 0 aliphatic rings. The predicted octanol–water partition coefficient (Wildman–Crippen LogP) is 5.77. The number of ether oxygens (including phenoxy) is 1. The number of hydrogen-bond acceptors (Lipinski definition) is 6. The molecule has 5 rings (SSSR count). The maximum Gasteiger partial charge on any atom is 0.258 e. The standard InChI is InChI=1S/C27H22BrN5O2S/c1-2-14-32-25(17-35-23-11-7-6-10-22(23)19-8-4-3-5-9-19)30-31-27(32)36-18-21-15-26(34)33-16-20(28)12-13-24(33)29-21/h2-13,15-16H,1,14,17-18H2. The van der Waals surface area contributed by atoms with Crippen LogP contribution in [0.5, 0.6) is 5.75 Å². The SMILES string of the molecule is C=CCn1c(COc2ccccc2-c2ccccc2)nnc1SCc1cc(=O)n2cc(Br)ccc2n1. The average Bonchev–Trinajstić information content (AvgIpc) is 3.29. The molecule has 2 aromatic carbocycles. The molecule has 3 aromatic heterocycles. The van der Waals surface area contributed by atoms with E-state index in [1.165, 1.54) is 16.2 Å². The van der Waals surface area contributed by atoms with E-state index < -0.39 is 0 Å². The Labute approximate surface area is 220 Å². The number of para-hydroxylation sites is 1. The molecular formula is C27H22BrN5O2S. The van der Waals surface area contributed by atoms with Crippen LogP contribution in [0, 0.1) is 0 Å². The number of halogens is 1. The van der Waals surface area contributed by atoms with Crippen molar-refractivity contribution in [1.29, 1.82) is 0 Å². The van der Waals surface area contributed by atoms with Crippen LogP contribution in [0.3, 0.4) is 0 Å². The average molecular weight is 560 g/mol. The van der Waals surface area contributed by atoms with Crippen molar-refractivity contribution in [2.24, 2.45) is 0 Å². The number of allylic oxidation sites excluding steroid dienone is 1. The minimum absolute atomic E-state index is 0.129. The van der Waals surface area contributed by atoms with Crippen LogP contribution in [0.15, 0.2) is 106 Å². The smallest absolute Gasteiger partial charge is 0.258 e. The van der Waals surface area contributed by atoms with Gasteiger partial charge in [0.1, 0.15) is 18.0 Å². The van der Waals surface area contributed by atoms with Gasteiger partial charge in [-0.3, -0.25) is 13.8 Å². The van der Waals surface area contributed by atoms with Gasteiger partial charge in [0.2, 0.25) is 0 Å². The minimum atomic E-state index is -0.129. The molecule has 180 valence electrons.